The lowest BCUT2D eigenvalue weighted by molar-refractivity contribution is -0.131. The number of ether oxygens (including phenoxy) is 1. The smallest absolute Gasteiger partial charge is 0.276 e. The molecule has 0 unspecified atom stereocenters. The van der Waals surface area contributed by atoms with Gasteiger partial charge in [-0.3, -0.25) is 9.59 Å². The molecule has 0 radical (unpaired) electrons. The summed E-state index contributed by atoms with van der Waals surface area (Å²) in [4.78, 5) is 31.3. The van der Waals surface area contributed by atoms with Gasteiger partial charge < -0.3 is 19.5 Å². The number of carbonyl (C=O) groups excluding carboxylic acids is 1. The maximum atomic E-state index is 12.9. The second kappa shape index (κ2) is 8.39. The van der Waals surface area contributed by atoms with Gasteiger partial charge in [0, 0.05) is 56.4 Å². The molecule has 166 valence electrons. The molecule has 4 heterocycles. The number of fused-ring (bicyclic) bond motifs is 1. The van der Waals surface area contributed by atoms with E-state index in [1.54, 1.807) is 0 Å². The van der Waals surface area contributed by atoms with Gasteiger partial charge in [-0.1, -0.05) is 0 Å². The highest BCUT2D eigenvalue weighted by Crippen LogP contribution is 2.30. The lowest BCUT2D eigenvalue weighted by Gasteiger charge is -2.35. The van der Waals surface area contributed by atoms with E-state index in [1.807, 2.05) is 11.8 Å². The van der Waals surface area contributed by atoms with Crippen LogP contribution >= 0.6 is 0 Å². The van der Waals surface area contributed by atoms with Crippen LogP contribution in [0.25, 0.3) is 0 Å². The van der Waals surface area contributed by atoms with Crippen LogP contribution in [0.15, 0.2) is 4.79 Å². The van der Waals surface area contributed by atoms with Crippen molar-refractivity contribution in [3.63, 3.8) is 0 Å². The van der Waals surface area contributed by atoms with Crippen molar-refractivity contribution in [2.45, 2.75) is 57.2 Å². The van der Waals surface area contributed by atoms with Crippen molar-refractivity contribution in [3.05, 3.63) is 27.4 Å². The van der Waals surface area contributed by atoms with E-state index in [1.165, 1.54) is 7.11 Å². The summed E-state index contributed by atoms with van der Waals surface area (Å²) in [5.74, 6) is 0.914. The van der Waals surface area contributed by atoms with Gasteiger partial charge in [0.15, 0.2) is 9.84 Å². The molecule has 0 saturated carbocycles. The van der Waals surface area contributed by atoms with Crippen molar-refractivity contribution >= 4 is 15.7 Å². The van der Waals surface area contributed by atoms with Gasteiger partial charge in [-0.05, 0) is 26.2 Å². The van der Waals surface area contributed by atoms with Crippen LogP contribution in [0.3, 0.4) is 0 Å². The summed E-state index contributed by atoms with van der Waals surface area (Å²) < 4.78 is 31.2. The molecular weight excluding hydrogens is 408 g/mol. The van der Waals surface area contributed by atoms with Crippen LogP contribution in [0.5, 0.6) is 0 Å². The van der Waals surface area contributed by atoms with Crippen molar-refractivity contribution < 1.29 is 17.9 Å². The zero-order valence-corrected chi connectivity index (χ0v) is 18.4. The van der Waals surface area contributed by atoms with E-state index in [0.29, 0.717) is 18.7 Å². The number of rotatable bonds is 5. The predicted octanol–water partition coefficient (Wildman–Crippen LogP) is -0.394. The lowest BCUT2D eigenvalue weighted by atomic mass is 9.91. The molecule has 0 aliphatic carbocycles. The SMILES string of the molecule is CO[C@@H]1CS(=O)(=O)C[C@@H]1NCC(=O)N1CCC[C@@H](c2c(C)c(=O)nc3n2CCC3)C1. The topological polar surface area (TPSA) is 111 Å². The zero-order chi connectivity index (χ0) is 21.5. The summed E-state index contributed by atoms with van der Waals surface area (Å²) in [5.41, 5.74) is 1.57. The normalized spacial score (nSPS) is 27.9. The maximum Gasteiger partial charge on any atom is 0.276 e. The van der Waals surface area contributed by atoms with E-state index >= 15 is 0 Å². The van der Waals surface area contributed by atoms with E-state index in [2.05, 4.69) is 14.9 Å². The Morgan fingerprint density at radius 1 is 1.27 bits per heavy atom. The third-order valence-corrected chi connectivity index (χ3v) is 8.30. The molecule has 9 nitrogen and oxygen atoms in total. The number of sulfone groups is 1. The number of nitrogens with zero attached hydrogens (tertiary/aromatic N) is 3. The molecule has 10 heteroatoms. The van der Waals surface area contributed by atoms with Crippen molar-refractivity contribution in [2.75, 3.05) is 38.2 Å². The van der Waals surface area contributed by atoms with Crippen LogP contribution in [0.4, 0.5) is 0 Å². The van der Waals surface area contributed by atoms with Gasteiger partial charge >= 0.3 is 0 Å². The molecule has 1 aromatic heterocycles. The lowest BCUT2D eigenvalue weighted by Crippen LogP contribution is -2.48. The second-order valence-corrected chi connectivity index (χ2v) is 10.8. The highest BCUT2D eigenvalue weighted by molar-refractivity contribution is 7.91. The molecule has 3 aliphatic rings. The zero-order valence-electron chi connectivity index (χ0n) is 17.6. The minimum absolute atomic E-state index is 0.00727. The van der Waals surface area contributed by atoms with E-state index < -0.39 is 15.9 Å². The Kier molecular flexibility index (Phi) is 6.00. The standard InChI is InChI=1S/C20H30N4O5S/c1-13-19(24-8-4-6-17(24)22-20(13)26)14-5-3-7-23(10-14)18(25)9-21-15-11-30(27,28)12-16(15)29-2/h14-16,21H,3-12H2,1-2H3/t14-,15+,16-/m1/s1. The van der Waals surface area contributed by atoms with E-state index in [0.717, 1.165) is 43.7 Å². The number of nitrogens with one attached hydrogen (secondary N) is 1. The first-order chi connectivity index (χ1) is 14.3. The Labute approximate surface area is 176 Å². The summed E-state index contributed by atoms with van der Waals surface area (Å²) in [6.07, 6.45) is 3.21. The van der Waals surface area contributed by atoms with E-state index in [-0.39, 0.29) is 41.5 Å². The molecule has 2 saturated heterocycles. The number of aromatic nitrogens is 2. The minimum Gasteiger partial charge on any atom is -0.379 e. The average Bonchev–Trinajstić information content (AvgIpc) is 3.29. The third kappa shape index (κ3) is 4.17. The number of hydrogen-bond donors (Lipinski definition) is 1. The summed E-state index contributed by atoms with van der Waals surface area (Å²) in [6, 6.07) is -0.367. The largest absolute Gasteiger partial charge is 0.379 e. The molecule has 30 heavy (non-hydrogen) atoms. The van der Waals surface area contributed by atoms with Gasteiger partial charge in [0.1, 0.15) is 5.82 Å². The quantitative estimate of drug-likeness (QED) is 0.666. The molecule has 0 aromatic carbocycles. The fraction of sp³-hybridized carbons (Fsp3) is 0.750. The van der Waals surface area contributed by atoms with E-state index in [4.69, 9.17) is 4.74 Å². The number of methoxy groups -OCH3 is 1. The van der Waals surface area contributed by atoms with Crippen LogP contribution in [-0.4, -0.2) is 79.2 Å². The van der Waals surface area contributed by atoms with Gasteiger partial charge in [-0.15, -0.1) is 0 Å². The molecule has 3 aliphatic heterocycles. The molecular formula is C20H30N4O5S. The molecule has 1 aromatic rings. The maximum absolute atomic E-state index is 12.9. The second-order valence-electron chi connectivity index (χ2n) is 8.62. The molecule has 0 spiro atoms. The first kappa shape index (κ1) is 21.5. The van der Waals surface area contributed by atoms with Gasteiger partial charge in [0.25, 0.3) is 5.56 Å². The Bertz CT molecular complexity index is 990. The Balaban J connectivity index is 1.44. The fourth-order valence-corrected chi connectivity index (χ4v) is 6.95. The van der Waals surface area contributed by atoms with Gasteiger partial charge in [0.05, 0.1) is 24.2 Å². The molecule has 1 N–H and O–H groups in total. The highest BCUT2D eigenvalue weighted by Gasteiger charge is 2.38. The number of carbonyl (C=O) groups is 1. The van der Waals surface area contributed by atoms with Crippen molar-refractivity contribution in [2.24, 2.45) is 0 Å². The van der Waals surface area contributed by atoms with E-state index in [9.17, 15) is 18.0 Å². The van der Waals surface area contributed by atoms with Gasteiger partial charge in [-0.2, -0.15) is 4.98 Å². The van der Waals surface area contributed by atoms with Crippen LogP contribution < -0.4 is 10.9 Å². The van der Waals surface area contributed by atoms with Crippen LogP contribution in [0, 0.1) is 6.92 Å². The fourth-order valence-electron chi connectivity index (χ4n) is 5.07. The van der Waals surface area contributed by atoms with Gasteiger partial charge in [0.2, 0.25) is 5.91 Å². The number of hydrogen-bond acceptors (Lipinski definition) is 7. The summed E-state index contributed by atoms with van der Waals surface area (Å²) in [7, 11) is -1.64. The molecule has 3 atom stereocenters. The van der Waals surface area contributed by atoms with Crippen LogP contribution in [0.1, 0.15) is 42.3 Å². The van der Waals surface area contributed by atoms with Crippen molar-refractivity contribution in [1.29, 1.82) is 0 Å². The Morgan fingerprint density at radius 2 is 2.07 bits per heavy atom. The highest BCUT2D eigenvalue weighted by atomic mass is 32.2. The first-order valence-corrected chi connectivity index (χ1v) is 12.5. The number of piperidine rings is 1. The van der Waals surface area contributed by atoms with Crippen LogP contribution in [0.2, 0.25) is 0 Å². The number of likely N-dealkylation sites (tertiary alicyclic amines) is 1. The Morgan fingerprint density at radius 3 is 2.83 bits per heavy atom. The molecule has 0 bridgehead atoms. The number of aryl methyl sites for hydroxylation is 1. The molecule has 4 rings (SSSR count). The van der Waals surface area contributed by atoms with Gasteiger partial charge in [-0.25, -0.2) is 8.42 Å². The molecule has 1 amide bonds. The van der Waals surface area contributed by atoms with Crippen molar-refractivity contribution in [3.8, 4) is 0 Å². The first-order valence-electron chi connectivity index (χ1n) is 10.6. The third-order valence-electron chi connectivity index (χ3n) is 6.60. The average molecular weight is 439 g/mol. The monoisotopic (exact) mass is 438 g/mol. The van der Waals surface area contributed by atoms with Crippen molar-refractivity contribution in [1.82, 2.24) is 19.8 Å². The summed E-state index contributed by atoms with van der Waals surface area (Å²) in [5, 5.41) is 3.09. The Hall–Kier alpha value is -1.78. The van der Waals surface area contributed by atoms with Crippen LogP contribution in [-0.2, 0) is 32.3 Å². The summed E-state index contributed by atoms with van der Waals surface area (Å²) in [6.45, 7) is 4.04. The summed E-state index contributed by atoms with van der Waals surface area (Å²) >= 11 is 0. The molecule has 2 fully saturated rings. The number of amides is 1. The minimum atomic E-state index is -3.14. The predicted molar refractivity (Wildman–Crippen MR) is 111 cm³/mol.